The van der Waals surface area contributed by atoms with Crippen LogP contribution in [-0.2, 0) is 11.3 Å². The van der Waals surface area contributed by atoms with Crippen LogP contribution in [0.2, 0.25) is 5.02 Å². The van der Waals surface area contributed by atoms with Crippen LogP contribution in [-0.4, -0.2) is 29.6 Å². The highest BCUT2D eigenvalue weighted by Crippen LogP contribution is 2.30. The molecular formula is C19H20ClN3O2. The molecule has 1 atom stereocenters. The molecule has 3 aromatic rings. The Kier molecular flexibility index (Phi) is 4.51. The highest BCUT2D eigenvalue weighted by atomic mass is 35.5. The number of nitrogens with zero attached hydrogens (tertiary/aromatic N) is 2. The number of hydrogen-bond acceptors (Lipinski definition) is 4. The fourth-order valence-corrected chi connectivity index (χ4v) is 3.39. The summed E-state index contributed by atoms with van der Waals surface area (Å²) in [5, 5.41) is 9.85. The van der Waals surface area contributed by atoms with Gasteiger partial charge in [0.15, 0.2) is 5.82 Å². The molecule has 4 rings (SSSR count). The molecule has 0 amide bonds. The van der Waals surface area contributed by atoms with Crippen molar-refractivity contribution in [3.8, 4) is 5.75 Å². The first-order valence-electron chi connectivity index (χ1n) is 8.42. The number of ether oxygens (including phenoxy) is 2. The topological polar surface area (TPSA) is 48.3 Å². The summed E-state index contributed by atoms with van der Waals surface area (Å²) in [6, 6.07) is 13.6. The lowest BCUT2D eigenvalue weighted by molar-refractivity contribution is 0.0952. The molecular weight excluding hydrogens is 338 g/mol. The Labute approximate surface area is 151 Å². The van der Waals surface area contributed by atoms with Crippen molar-refractivity contribution in [2.24, 2.45) is 0 Å². The summed E-state index contributed by atoms with van der Waals surface area (Å²) in [5.74, 6) is 1.59. The summed E-state index contributed by atoms with van der Waals surface area (Å²) >= 11 is 6.09. The second kappa shape index (κ2) is 6.94. The molecule has 130 valence electrons. The monoisotopic (exact) mass is 357 g/mol. The number of benzene rings is 2. The summed E-state index contributed by atoms with van der Waals surface area (Å²) in [7, 11) is 1.67. The van der Waals surface area contributed by atoms with E-state index in [4.69, 9.17) is 26.2 Å². The SMILES string of the molecule is COc1ccc2c(c1)c(Nc1cccc(Cl)c1)nn2CC1CCCO1. The third-order valence-electron chi connectivity index (χ3n) is 4.45. The minimum absolute atomic E-state index is 0.226. The van der Waals surface area contributed by atoms with E-state index in [-0.39, 0.29) is 6.10 Å². The lowest BCUT2D eigenvalue weighted by Gasteiger charge is -2.10. The maximum Gasteiger partial charge on any atom is 0.160 e. The Balaban J connectivity index is 1.73. The molecule has 0 spiro atoms. The molecule has 1 aliphatic rings. The van der Waals surface area contributed by atoms with Crippen LogP contribution in [0.15, 0.2) is 42.5 Å². The molecule has 2 aromatic carbocycles. The minimum atomic E-state index is 0.226. The van der Waals surface area contributed by atoms with E-state index in [1.165, 1.54) is 0 Å². The Morgan fingerprint density at radius 3 is 3.00 bits per heavy atom. The standard InChI is InChI=1S/C19H20ClN3O2/c1-24-15-7-8-18-17(11-15)19(21-14-5-2-4-13(20)10-14)22-23(18)12-16-6-3-9-25-16/h2,4-5,7-8,10-11,16H,3,6,9,12H2,1H3,(H,21,22). The average Bonchev–Trinajstić information content (AvgIpc) is 3.24. The van der Waals surface area contributed by atoms with Gasteiger partial charge in [-0.25, -0.2) is 0 Å². The summed E-state index contributed by atoms with van der Waals surface area (Å²) in [6.45, 7) is 1.59. The number of aromatic nitrogens is 2. The van der Waals surface area contributed by atoms with Gasteiger partial charge in [0.05, 0.1) is 25.3 Å². The van der Waals surface area contributed by atoms with E-state index in [1.807, 2.05) is 47.1 Å². The van der Waals surface area contributed by atoms with Crippen molar-refractivity contribution in [3.63, 3.8) is 0 Å². The van der Waals surface area contributed by atoms with Gasteiger partial charge in [-0.15, -0.1) is 0 Å². The lowest BCUT2D eigenvalue weighted by atomic mass is 10.2. The average molecular weight is 358 g/mol. The summed E-state index contributed by atoms with van der Waals surface area (Å²) in [5.41, 5.74) is 1.96. The normalized spacial score (nSPS) is 17.1. The second-order valence-electron chi connectivity index (χ2n) is 6.18. The van der Waals surface area contributed by atoms with Crippen LogP contribution in [0.4, 0.5) is 11.5 Å². The lowest BCUT2D eigenvalue weighted by Crippen LogP contribution is -2.15. The van der Waals surface area contributed by atoms with Crippen molar-refractivity contribution in [1.29, 1.82) is 0 Å². The first kappa shape index (κ1) is 16.2. The van der Waals surface area contributed by atoms with E-state index < -0.39 is 0 Å². The second-order valence-corrected chi connectivity index (χ2v) is 6.62. The van der Waals surface area contributed by atoms with E-state index in [9.17, 15) is 0 Å². The molecule has 1 aromatic heterocycles. The number of fused-ring (bicyclic) bond motifs is 1. The largest absolute Gasteiger partial charge is 0.497 e. The van der Waals surface area contributed by atoms with Gasteiger partial charge in [0.25, 0.3) is 0 Å². The van der Waals surface area contributed by atoms with Crippen molar-refractivity contribution in [2.45, 2.75) is 25.5 Å². The van der Waals surface area contributed by atoms with Gasteiger partial charge in [0.2, 0.25) is 0 Å². The van der Waals surface area contributed by atoms with E-state index in [2.05, 4.69) is 5.32 Å². The zero-order chi connectivity index (χ0) is 17.2. The Morgan fingerprint density at radius 2 is 2.24 bits per heavy atom. The number of nitrogens with one attached hydrogen (secondary N) is 1. The molecule has 1 aliphatic heterocycles. The van der Waals surface area contributed by atoms with Gasteiger partial charge >= 0.3 is 0 Å². The van der Waals surface area contributed by atoms with E-state index >= 15 is 0 Å². The maximum absolute atomic E-state index is 6.09. The van der Waals surface area contributed by atoms with Crippen LogP contribution in [0.3, 0.4) is 0 Å². The zero-order valence-electron chi connectivity index (χ0n) is 14.0. The van der Waals surface area contributed by atoms with E-state index in [1.54, 1.807) is 7.11 Å². The van der Waals surface area contributed by atoms with Crippen molar-refractivity contribution in [3.05, 3.63) is 47.5 Å². The van der Waals surface area contributed by atoms with Crippen molar-refractivity contribution < 1.29 is 9.47 Å². The van der Waals surface area contributed by atoms with Gasteiger partial charge in [-0.1, -0.05) is 17.7 Å². The minimum Gasteiger partial charge on any atom is -0.497 e. The van der Waals surface area contributed by atoms with Crippen LogP contribution in [0.5, 0.6) is 5.75 Å². The molecule has 1 unspecified atom stereocenters. The molecule has 1 N–H and O–H groups in total. The maximum atomic E-state index is 6.09. The molecule has 25 heavy (non-hydrogen) atoms. The Hall–Kier alpha value is -2.24. The Bertz CT molecular complexity index is 888. The highest BCUT2D eigenvalue weighted by Gasteiger charge is 2.19. The molecule has 1 saturated heterocycles. The number of anilines is 2. The Morgan fingerprint density at radius 1 is 1.32 bits per heavy atom. The van der Waals surface area contributed by atoms with Crippen molar-refractivity contribution in [2.75, 3.05) is 19.0 Å². The smallest absolute Gasteiger partial charge is 0.160 e. The molecule has 6 heteroatoms. The van der Waals surface area contributed by atoms with Crippen molar-refractivity contribution in [1.82, 2.24) is 9.78 Å². The first-order chi connectivity index (χ1) is 12.2. The van der Waals surface area contributed by atoms with Crippen molar-refractivity contribution >= 4 is 34.0 Å². The number of methoxy groups -OCH3 is 1. The summed E-state index contributed by atoms with van der Waals surface area (Å²) < 4.78 is 13.2. The van der Waals surface area contributed by atoms with Gasteiger partial charge in [0, 0.05) is 22.7 Å². The van der Waals surface area contributed by atoms with Gasteiger partial charge in [0.1, 0.15) is 5.75 Å². The van der Waals surface area contributed by atoms with Gasteiger partial charge in [-0.3, -0.25) is 4.68 Å². The van der Waals surface area contributed by atoms with Crippen LogP contribution in [0.25, 0.3) is 10.9 Å². The zero-order valence-corrected chi connectivity index (χ0v) is 14.8. The van der Waals surface area contributed by atoms with Gasteiger partial charge in [-0.05, 0) is 49.2 Å². The molecule has 0 aliphatic carbocycles. The fraction of sp³-hybridized carbons (Fsp3) is 0.316. The van der Waals surface area contributed by atoms with Gasteiger partial charge < -0.3 is 14.8 Å². The predicted octanol–water partition coefficient (Wildman–Crippen LogP) is 4.62. The summed E-state index contributed by atoms with van der Waals surface area (Å²) in [6.07, 6.45) is 2.42. The van der Waals surface area contributed by atoms with Crippen LogP contribution >= 0.6 is 11.6 Å². The van der Waals surface area contributed by atoms with E-state index in [0.717, 1.165) is 54.2 Å². The number of halogens is 1. The molecule has 5 nitrogen and oxygen atoms in total. The molecule has 0 saturated carbocycles. The van der Waals surface area contributed by atoms with Crippen LogP contribution in [0, 0.1) is 0 Å². The predicted molar refractivity (Wildman–Crippen MR) is 100.0 cm³/mol. The molecule has 0 bridgehead atoms. The van der Waals surface area contributed by atoms with Crippen LogP contribution < -0.4 is 10.1 Å². The first-order valence-corrected chi connectivity index (χ1v) is 8.79. The molecule has 2 heterocycles. The third kappa shape index (κ3) is 3.43. The highest BCUT2D eigenvalue weighted by molar-refractivity contribution is 6.30. The van der Waals surface area contributed by atoms with E-state index in [0.29, 0.717) is 5.02 Å². The number of rotatable bonds is 5. The fourth-order valence-electron chi connectivity index (χ4n) is 3.20. The third-order valence-corrected chi connectivity index (χ3v) is 4.68. The molecule has 0 radical (unpaired) electrons. The van der Waals surface area contributed by atoms with Crippen LogP contribution in [0.1, 0.15) is 12.8 Å². The molecule has 1 fully saturated rings. The quantitative estimate of drug-likeness (QED) is 0.723. The van der Waals surface area contributed by atoms with Gasteiger partial charge in [-0.2, -0.15) is 5.10 Å². The number of hydrogen-bond donors (Lipinski definition) is 1. The summed E-state index contributed by atoms with van der Waals surface area (Å²) in [4.78, 5) is 0.